The zero-order valence-electron chi connectivity index (χ0n) is 26.0. The molecule has 2 aliphatic rings. The smallest absolute Gasteiger partial charge is 0.123 e. The Morgan fingerprint density at radius 2 is 1.66 bits per heavy atom. The number of aliphatic hydroxyl groups is 3. The van der Waals surface area contributed by atoms with Gasteiger partial charge in [0.15, 0.2) is 0 Å². The predicted molar refractivity (Wildman–Crippen MR) is 185 cm³/mol. The molecule has 9 heteroatoms. The number of anilines is 1. The van der Waals surface area contributed by atoms with Crippen molar-refractivity contribution in [2.75, 3.05) is 18.2 Å². The number of nitrogens with one attached hydrogen (secondary N) is 1. The van der Waals surface area contributed by atoms with Crippen LogP contribution in [0.25, 0.3) is 11.1 Å². The molecule has 6 atom stereocenters. The van der Waals surface area contributed by atoms with Crippen LogP contribution in [0.3, 0.4) is 0 Å². The van der Waals surface area contributed by atoms with Crippen molar-refractivity contribution in [2.24, 2.45) is 0 Å². The van der Waals surface area contributed by atoms with E-state index in [4.69, 9.17) is 4.74 Å². The van der Waals surface area contributed by atoms with Crippen molar-refractivity contribution in [3.8, 4) is 28.6 Å². The van der Waals surface area contributed by atoms with Crippen LogP contribution in [0.15, 0.2) is 97.1 Å². The van der Waals surface area contributed by atoms with Crippen molar-refractivity contribution in [1.29, 1.82) is 0 Å². The van der Waals surface area contributed by atoms with E-state index in [0.29, 0.717) is 37.9 Å². The third-order valence-electron chi connectivity index (χ3n) is 8.88. The maximum atomic E-state index is 13.4. The van der Waals surface area contributed by atoms with Crippen LogP contribution >= 0.6 is 12.6 Å². The monoisotopic (exact) mass is 656 g/mol. The second-order valence-corrected chi connectivity index (χ2v) is 12.2. The lowest BCUT2D eigenvalue weighted by Crippen LogP contribution is -2.33. The van der Waals surface area contributed by atoms with Crippen molar-refractivity contribution in [2.45, 2.75) is 62.2 Å². The number of thiol groups is 1. The molecule has 4 aromatic rings. The molecule has 47 heavy (non-hydrogen) atoms. The molecule has 0 radical (unpaired) electrons. The van der Waals surface area contributed by atoms with Gasteiger partial charge in [0.05, 0.1) is 43.7 Å². The maximum absolute atomic E-state index is 13.4. The van der Waals surface area contributed by atoms with E-state index >= 15 is 0 Å². The molecule has 0 saturated carbocycles. The number of para-hydroxylation sites is 1. The predicted octanol–water partition coefficient (Wildman–Crippen LogP) is 6.27. The van der Waals surface area contributed by atoms with Crippen LogP contribution in [-0.2, 0) is 4.74 Å². The highest BCUT2D eigenvalue weighted by Gasteiger charge is 2.37. The number of aliphatic hydroxyl groups excluding tert-OH is 3. The highest BCUT2D eigenvalue weighted by Crippen LogP contribution is 2.41. The molecule has 2 fully saturated rings. The van der Waals surface area contributed by atoms with Gasteiger partial charge < -0.3 is 30.1 Å². The molecule has 6 rings (SSSR count). The van der Waals surface area contributed by atoms with Gasteiger partial charge in [-0.05, 0) is 70.7 Å². The van der Waals surface area contributed by atoms with Gasteiger partial charge in [-0.15, -0.1) is 6.42 Å². The number of ether oxygens (including phenoxy) is 1. The molecule has 5 N–H and O–H groups in total. The third kappa shape index (κ3) is 8.54. The number of aromatic hydroxyl groups is 1. The normalized spacial score (nSPS) is 23.0. The minimum Gasteiger partial charge on any atom is -0.508 e. The van der Waals surface area contributed by atoms with E-state index in [1.165, 1.54) is 12.1 Å². The van der Waals surface area contributed by atoms with Crippen LogP contribution in [0, 0.1) is 17.5 Å². The number of hydrogen-bond donors (Lipinski definition) is 6. The van der Waals surface area contributed by atoms with Crippen molar-refractivity contribution in [3.63, 3.8) is 0 Å². The highest BCUT2D eigenvalue weighted by atomic mass is 32.1. The molecule has 2 heterocycles. The maximum Gasteiger partial charge on any atom is 0.123 e. The van der Waals surface area contributed by atoms with Gasteiger partial charge in [-0.3, -0.25) is 5.32 Å². The lowest BCUT2D eigenvalue weighted by molar-refractivity contribution is -0.113. The zero-order valence-corrected chi connectivity index (χ0v) is 26.9. The first-order chi connectivity index (χ1) is 22.8. The Balaban J connectivity index is 0.00000139. The molecule has 0 spiro atoms. The molecule has 2 aliphatic heterocycles. The van der Waals surface area contributed by atoms with Gasteiger partial charge in [-0.2, -0.15) is 0 Å². The Bertz CT molecular complexity index is 1620. The van der Waals surface area contributed by atoms with Crippen molar-refractivity contribution in [1.82, 2.24) is 5.32 Å². The van der Waals surface area contributed by atoms with Gasteiger partial charge >= 0.3 is 0 Å². The number of phenolic OH excluding ortho intramolecular Hbond substituents is 1. The van der Waals surface area contributed by atoms with Gasteiger partial charge in [-0.25, -0.2) is 4.39 Å². The van der Waals surface area contributed by atoms with Crippen LogP contribution in [0.1, 0.15) is 60.6 Å². The van der Waals surface area contributed by atoms with E-state index < -0.39 is 12.2 Å². The zero-order chi connectivity index (χ0) is 33.3. The number of terminal acetylenes is 1. The minimum atomic E-state index is -0.723. The molecule has 7 nitrogen and oxygen atoms in total. The molecule has 246 valence electrons. The summed E-state index contributed by atoms with van der Waals surface area (Å²) < 4.78 is 19.3. The number of phenols is 1. The summed E-state index contributed by atoms with van der Waals surface area (Å²) in [4.78, 5) is 2.23. The SMILES string of the molecule is C#CS.OCC1CC(O)CC(c2ccc(-c3ccc(C4C(CCC(O)c5ccc(F)cc5)NCN4c4ccccc4)c(O)c3)cc2)O1. The molecule has 2 saturated heterocycles. The van der Waals surface area contributed by atoms with Gasteiger partial charge in [0.1, 0.15) is 11.6 Å². The van der Waals surface area contributed by atoms with Crippen LogP contribution in [0.2, 0.25) is 0 Å². The molecule has 4 aromatic carbocycles. The van der Waals surface area contributed by atoms with Crippen LogP contribution in [0.5, 0.6) is 5.75 Å². The highest BCUT2D eigenvalue weighted by molar-refractivity contribution is 7.85. The molecule has 0 aromatic heterocycles. The van der Waals surface area contributed by atoms with Crippen molar-refractivity contribution in [3.05, 3.63) is 120 Å². The topological polar surface area (TPSA) is 105 Å². The van der Waals surface area contributed by atoms with Crippen LogP contribution < -0.4 is 10.2 Å². The van der Waals surface area contributed by atoms with Gasteiger partial charge in [0, 0.05) is 30.1 Å². The summed E-state index contributed by atoms with van der Waals surface area (Å²) in [6, 6.07) is 29.5. The first-order valence-electron chi connectivity index (χ1n) is 15.8. The van der Waals surface area contributed by atoms with E-state index in [1.54, 1.807) is 18.2 Å². The second-order valence-electron chi connectivity index (χ2n) is 11.9. The first kappa shape index (κ1) is 34.5. The summed E-state index contributed by atoms with van der Waals surface area (Å²) in [6.45, 7) is 0.467. The minimum absolute atomic E-state index is 0.0464. The van der Waals surface area contributed by atoms with Crippen molar-refractivity contribution >= 4 is 18.3 Å². The summed E-state index contributed by atoms with van der Waals surface area (Å²) in [5.74, 6) is -0.143. The average molecular weight is 657 g/mol. The fraction of sp³-hybridized carbons (Fsp3) is 0.316. The summed E-state index contributed by atoms with van der Waals surface area (Å²) in [6.07, 6.45) is 4.62. The number of benzene rings is 4. The fourth-order valence-electron chi connectivity index (χ4n) is 6.53. The average Bonchev–Trinajstić information content (AvgIpc) is 3.51. The summed E-state index contributed by atoms with van der Waals surface area (Å²) in [5, 5.41) is 47.5. The molecule has 6 unspecified atom stereocenters. The van der Waals surface area contributed by atoms with E-state index in [9.17, 15) is 24.8 Å². The van der Waals surface area contributed by atoms with E-state index in [-0.39, 0.29) is 42.5 Å². The lowest BCUT2D eigenvalue weighted by Gasteiger charge is -2.32. The van der Waals surface area contributed by atoms with E-state index in [1.807, 2.05) is 59.8 Å². The molecule has 0 bridgehead atoms. The van der Waals surface area contributed by atoms with Crippen LogP contribution in [-0.4, -0.2) is 52.0 Å². The molecular formula is C38H41FN2O5S. The molecular weight excluding hydrogens is 615 g/mol. The summed E-state index contributed by atoms with van der Waals surface area (Å²) >= 11 is 3.32. The van der Waals surface area contributed by atoms with Gasteiger partial charge in [0.2, 0.25) is 0 Å². The van der Waals surface area contributed by atoms with Gasteiger partial charge in [0.25, 0.3) is 0 Å². The Morgan fingerprint density at radius 3 is 2.32 bits per heavy atom. The lowest BCUT2D eigenvalue weighted by atomic mass is 9.91. The Hall–Kier alpha value is -3.88. The first-order valence-corrected chi connectivity index (χ1v) is 16.2. The number of nitrogens with zero attached hydrogens (tertiary/aromatic N) is 1. The quantitative estimate of drug-likeness (QED) is 0.0933. The number of hydrogen-bond acceptors (Lipinski definition) is 8. The fourth-order valence-corrected chi connectivity index (χ4v) is 6.53. The Morgan fingerprint density at radius 1 is 0.979 bits per heavy atom. The van der Waals surface area contributed by atoms with Gasteiger partial charge in [-0.1, -0.05) is 79.4 Å². The Kier molecular flexibility index (Phi) is 11.9. The van der Waals surface area contributed by atoms with Crippen molar-refractivity contribution < 1.29 is 29.6 Å². The summed E-state index contributed by atoms with van der Waals surface area (Å²) in [7, 11) is 0. The number of rotatable bonds is 9. The molecule has 0 aliphatic carbocycles. The summed E-state index contributed by atoms with van der Waals surface area (Å²) in [5.41, 5.74) is 5.25. The largest absolute Gasteiger partial charge is 0.508 e. The number of halogens is 1. The second kappa shape index (κ2) is 16.3. The molecule has 0 amide bonds. The standard InChI is InChI=1S/C36H39FN2O5.C2H2S/c37-27-13-10-24(11-14-27)33(42)17-16-32-36(39(22-38-32)28-4-2-1-3-5-28)31-15-12-26(18-34(31)43)23-6-8-25(9-7-23)35-20-29(41)19-30(21-40)44-35;1-2-3/h1-15,18,29-30,32-33,35-36,38,40-43H,16-17,19-22H2;1,3H. The third-order valence-corrected chi connectivity index (χ3v) is 8.88. The van der Waals surface area contributed by atoms with E-state index in [2.05, 4.69) is 41.4 Å². The van der Waals surface area contributed by atoms with E-state index in [0.717, 1.165) is 27.9 Å². The van der Waals surface area contributed by atoms with Crippen LogP contribution in [0.4, 0.5) is 10.1 Å². The Labute approximate surface area is 281 Å².